The highest BCUT2D eigenvalue weighted by Gasteiger charge is 2.35. The molecule has 2 aliphatic rings. The van der Waals surface area contributed by atoms with Crippen LogP contribution in [0.2, 0.25) is 0 Å². The first-order chi connectivity index (χ1) is 16.3. The van der Waals surface area contributed by atoms with Crippen molar-refractivity contribution in [2.24, 2.45) is 0 Å². The second-order valence-corrected chi connectivity index (χ2v) is 12.8. The van der Waals surface area contributed by atoms with Crippen molar-refractivity contribution in [1.29, 1.82) is 0 Å². The monoisotopic (exact) mass is 476 g/mol. The lowest BCUT2D eigenvalue weighted by Gasteiger charge is -2.39. The summed E-state index contributed by atoms with van der Waals surface area (Å²) in [5.74, 6) is 3.13. The zero-order valence-corrected chi connectivity index (χ0v) is 24.0. The van der Waals surface area contributed by atoms with Gasteiger partial charge in [0.15, 0.2) is 0 Å². The molecule has 4 rings (SSSR count). The highest BCUT2D eigenvalue weighted by Crippen LogP contribution is 2.52. The van der Waals surface area contributed by atoms with Gasteiger partial charge in [-0.3, -0.25) is 0 Å². The van der Waals surface area contributed by atoms with Crippen LogP contribution in [0.25, 0.3) is 11.1 Å². The van der Waals surface area contributed by atoms with E-state index in [2.05, 4.69) is 75.0 Å². The topological polar surface area (TPSA) is 0 Å². The fourth-order valence-corrected chi connectivity index (χ4v) is 7.70. The second-order valence-electron chi connectivity index (χ2n) is 12.2. The van der Waals surface area contributed by atoms with Crippen LogP contribution in [0.4, 0.5) is 0 Å². The van der Waals surface area contributed by atoms with Crippen LogP contribution in [0.15, 0.2) is 24.3 Å². The molecule has 0 saturated heterocycles. The number of hydrogen-bond acceptors (Lipinski definition) is 0. The molecule has 2 fully saturated rings. The third kappa shape index (κ3) is 5.05. The maximum Gasteiger partial charge on any atom is -0.0102 e. The Morgan fingerprint density at radius 3 is 1.38 bits per heavy atom. The lowest BCUT2D eigenvalue weighted by Crippen LogP contribution is -2.22. The molecule has 2 aliphatic carbocycles. The molecular formula is C33H49P. The van der Waals surface area contributed by atoms with Gasteiger partial charge in [0.2, 0.25) is 0 Å². The summed E-state index contributed by atoms with van der Waals surface area (Å²) in [5, 5.41) is 1.35. The van der Waals surface area contributed by atoms with E-state index < -0.39 is 0 Å². The fraction of sp³-hybridized carbons (Fsp3) is 0.636. The summed E-state index contributed by atoms with van der Waals surface area (Å²) in [7, 11) is 3.07. The zero-order valence-electron chi connectivity index (χ0n) is 22.8. The molecule has 0 radical (unpaired) electrons. The Morgan fingerprint density at radius 1 is 0.588 bits per heavy atom. The van der Waals surface area contributed by atoms with Gasteiger partial charge in [0.25, 0.3) is 0 Å². The SMILES string of the molecule is CC(C)c1c(-c2ccccc2P)c(C(C)C)c(C2CCCCC2)c(C(C)C)c1C1CCCCC1. The lowest BCUT2D eigenvalue weighted by atomic mass is 9.66. The van der Waals surface area contributed by atoms with Crippen molar-refractivity contribution in [3.63, 3.8) is 0 Å². The van der Waals surface area contributed by atoms with Crippen molar-refractivity contribution in [3.8, 4) is 11.1 Å². The molecule has 0 nitrogen and oxygen atoms in total. The minimum Gasteiger partial charge on any atom is -0.105 e. The molecular weight excluding hydrogens is 427 g/mol. The van der Waals surface area contributed by atoms with Gasteiger partial charge in [-0.2, -0.15) is 0 Å². The lowest BCUT2D eigenvalue weighted by molar-refractivity contribution is 0.425. The van der Waals surface area contributed by atoms with Gasteiger partial charge in [0, 0.05) is 0 Å². The molecule has 0 spiro atoms. The van der Waals surface area contributed by atoms with Crippen LogP contribution in [0.3, 0.4) is 0 Å². The molecule has 34 heavy (non-hydrogen) atoms. The third-order valence-electron chi connectivity index (χ3n) is 8.69. The van der Waals surface area contributed by atoms with Crippen LogP contribution in [0.1, 0.15) is 163 Å². The van der Waals surface area contributed by atoms with Crippen molar-refractivity contribution < 1.29 is 0 Å². The second kappa shape index (κ2) is 11.3. The summed E-state index contributed by atoms with van der Waals surface area (Å²) in [4.78, 5) is 0. The van der Waals surface area contributed by atoms with Gasteiger partial charge in [0.05, 0.1) is 0 Å². The van der Waals surface area contributed by atoms with Gasteiger partial charge in [-0.05, 0) is 99.5 Å². The average Bonchev–Trinajstić information content (AvgIpc) is 2.83. The maximum atomic E-state index is 3.07. The predicted octanol–water partition coefficient (Wildman–Crippen LogP) is 10.3. The summed E-state index contributed by atoms with van der Waals surface area (Å²) >= 11 is 0. The van der Waals surface area contributed by atoms with Crippen molar-refractivity contribution in [1.82, 2.24) is 0 Å². The van der Waals surface area contributed by atoms with E-state index >= 15 is 0 Å². The van der Waals surface area contributed by atoms with Gasteiger partial charge in [0.1, 0.15) is 0 Å². The van der Waals surface area contributed by atoms with E-state index in [-0.39, 0.29) is 0 Å². The van der Waals surface area contributed by atoms with E-state index in [0.29, 0.717) is 17.8 Å². The molecule has 2 aromatic rings. The van der Waals surface area contributed by atoms with Crippen LogP contribution in [-0.2, 0) is 0 Å². The molecule has 2 saturated carbocycles. The average molecular weight is 477 g/mol. The van der Waals surface area contributed by atoms with Crippen molar-refractivity contribution in [2.75, 3.05) is 0 Å². The number of benzene rings is 2. The molecule has 1 unspecified atom stereocenters. The Labute approximate surface area is 212 Å². The Bertz CT molecular complexity index is 917. The summed E-state index contributed by atoms with van der Waals surface area (Å²) in [6.07, 6.45) is 14.0. The molecule has 186 valence electrons. The van der Waals surface area contributed by atoms with Crippen molar-refractivity contribution >= 4 is 14.5 Å². The summed E-state index contributed by atoms with van der Waals surface area (Å²) in [6, 6.07) is 9.15. The van der Waals surface area contributed by atoms with E-state index in [0.717, 1.165) is 11.8 Å². The Balaban J connectivity index is 2.17. The Kier molecular flexibility index (Phi) is 8.61. The molecule has 0 aromatic heterocycles. The van der Waals surface area contributed by atoms with Gasteiger partial charge < -0.3 is 0 Å². The van der Waals surface area contributed by atoms with Crippen LogP contribution >= 0.6 is 9.24 Å². The first-order valence-corrected chi connectivity index (χ1v) is 15.0. The molecule has 1 heteroatoms. The number of rotatable bonds is 6. The highest BCUT2D eigenvalue weighted by atomic mass is 31.0. The van der Waals surface area contributed by atoms with Gasteiger partial charge in [-0.15, -0.1) is 9.24 Å². The van der Waals surface area contributed by atoms with E-state index in [1.165, 1.54) is 75.1 Å². The zero-order chi connectivity index (χ0) is 24.4. The first kappa shape index (κ1) is 25.9. The van der Waals surface area contributed by atoms with E-state index in [1.54, 1.807) is 33.4 Å². The van der Waals surface area contributed by atoms with E-state index in [1.807, 2.05) is 0 Å². The van der Waals surface area contributed by atoms with E-state index in [4.69, 9.17) is 0 Å². The Hall–Kier alpha value is -1.13. The largest absolute Gasteiger partial charge is 0.105 e. The van der Waals surface area contributed by atoms with E-state index in [9.17, 15) is 0 Å². The molecule has 1 atom stereocenters. The summed E-state index contributed by atoms with van der Waals surface area (Å²) in [5.41, 5.74) is 11.8. The molecule has 0 bridgehead atoms. The molecule has 0 aliphatic heterocycles. The van der Waals surface area contributed by atoms with Crippen LogP contribution in [0.5, 0.6) is 0 Å². The molecule has 0 amide bonds. The minimum absolute atomic E-state index is 0.534. The normalized spacial score (nSPS) is 18.4. The smallest absolute Gasteiger partial charge is 0.0102 e. The minimum atomic E-state index is 0.534. The maximum absolute atomic E-state index is 3.07. The summed E-state index contributed by atoms with van der Waals surface area (Å²) < 4.78 is 0. The van der Waals surface area contributed by atoms with Crippen molar-refractivity contribution in [3.05, 3.63) is 52.1 Å². The predicted molar refractivity (Wildman–Crippen MR) is 155 cm³/mol. The fourth-order valence-electron chi connectivity index (χ4n) is 7.35. The standard InChI is InChI=1S/C33H49P/c1-21(2)28-31(24-15-9-7-10-16-24)29(22(3)4)33(26-19-13-14-20-27(26)34)30(23(5)6)32(28)25-17-11-8-12-18-25/h13-14,19-25H,7-12,15-18,34H2,1-6H3. The summed E-state index contributed by atoms with van der Waals surface area (Å²) in [6.45, 7) is 14.8. The van der Waals surface area contributed by atoms with Crippen LogP contribution < -0.4 is 5.30 Å². The van der Waals surface area contributed by atoms with Gasteiger partial charge >= 0.3 is 0 Å². The van der Waals surface area contributed by atoms with Gasteiger partial charge in [-0.25, -0.2) is 0 Å². The van der Waals surface area contributed by atoms with Gasteiger partial charge in [-0.1, -0.05) is 104 Å². The third-order valence-corrected chi connectivity index (χ3v) is 9.19. The Morgan fingerprint density at radius 2 is 1.00 bits per heavy atom. The quantitative estimate of drug-likeness (QED) is 0.364. The van der Waals surface area contributed by atoms with Crippen LogP contribution in [-0.4, -0.2) is 0 Å². The van der Waals surface area contributed by atoms with Crippen LogP contribution in [0, 0.1) is 0 Å². The highest BCUT2D eigenvalue weighted by molar-refractivity contribution is 7.28. The number of hydrogen-bond donors (Lipinski definition) is 0. The molecule has 2 aromatic carbocycles. The molecule has 0 heterocycles. The first-order valence-electron chi connectivity index (χ1n) is 14.4. The van der Waals surface area contributed by atoms with Crippen molar-refractivity contribution in [2.45, 2.75) is 135 Å². The molecule has 0 N–H and O–H groups in total.